The lowest BCUT2D eigenvalue weighted by Crippen LogP contribution is -2.14. The minimum absolute atomic E-state index is 0.0107. The Labute approximate surface area is 329 Å². The second kappa shape index (κ2) is 14.9. The van der Waals surface area contributed by atoms with Crippen LogP contribution >= 0.6 is 11.3 Å². The van der Waals surface area contributed by atoms with Crippen LogP contribution in [0.25, 0.3) is 64.0 Å². The van der Waals surface area contributed by atoms with Crippen LogP contribution in [0.5, 0.6) is 0 Å². The smallest absolute Gasteiger partial charge is 0.0782 e. The molecule has 0 radical (unpaired) electrons. The first kappa shape index (κ1) is 35.2. The minimum Gasteiger partial charge on any atom is -0.276 e. The Morgan fingerprint density at radius 3 is 2.02 bits per heavy atom. The van der Waals surface area contributed by atoms with Crippen molar-refractivity contribution in [1.82, 2.24) is 0 Å². The average Bonchev–Trinajstić information content (AvgIpc) is 3.62. The molecule has 0 aliphatic carbocycles. The van der Waals surface area contributed by atoms with Crippen LogP contribution in [0.15, 0.2) is 157 Å². The van der Waals surface area contributed by atoms with Gasteiger partial charge in [-0.3, -0.25) is 4.99 Å². The summed E-state index contributed by atoms with van der Waals surface area (Å²) in [6, 6.07) is 56.5. The summed E-state index contributed by atoms with van der Waals surface area (Å²) in [5.74, 6) is 0.341. The lowest BCUT2D eigenvalue weighted by atomic mass is 9.87. The van der Waals surface area contributed by atoms with E-state index < -0.39 is 0 Å². The molecule has 0 fully saturated rings. The molecule has 0 spiro atoms. The summed E-state index contributed by atoms with van der Waals surface area (Å²) in [4.78, 5) is 5.85. The predicted molar refractivity (Wildman–Crippen MR) is 240 cm³/mol. The zero-order chi connectivity index (χ0) is 37.5. The molecule has 0 amide bonds. The van der Waals surface area contributed by atoms with Gasteiger partial charge in [0.05, 0.1) is 11.8 Å². The molecule has 270 valence electrons. The van der Waals surface area contributed by atoms with Crippen molar-refractivity contribution in [1.29, 1.82) is 0 Å². The van der Waals surface area contributed by atoms with Crippen LogP contribution in [0.2, 0.25) is 0 Å². The fourth-order valence-electron chi connectivity index (χ4n) is 8.57. The van der Waals surface area contributed by atoms with E-state index in [0.29, 0.717) is 5.92 Å². The van der Waals surface area contributed by atoms with E-state index in [1.54, 1.807) is 0 Å². The third-order valence-corrected chi connectivity index (χ3v) is 12.8. The Bertz CT molecular complexity index is 2800. The summed E-state index contributed by atoms with van der Waals surface area (Å²) in [6.07, 6.45) is 4.43. The van der Waals surface area contributed by atoms with Gasteiger partial charge >= 0.3 is 0 Å². The molecule has 2 unspecified atom stereocenters. The van der Waals surface area contributed by atoms with E-state index in [1.807, 2.05) is 11.3 Å². The molecule has 55 heavy (non-hydrogen) atoms. The van der Waals surface area contributed by atoms with Crippen molar-refractivity contribution in [2.45, 2.75) is 59.4 Å². The number of hydrogen-bond donors (Lipinski definition) is 0. The molecule has 1 nitrogen and oxygen atoms in total. The molecule has 8 aromatic carbocycles. The van der Waals surface area contributed by atoms with Crippen molar-refractivity contribution < 1.29 is 0 Å². The minimum atomic E-state index is -0.0107. The summed E-state index contributed by atoms with van der Waals surface area (Å²) >= 11 is 1.93. The Morgan fingerprint density at radius 1 is 0.582 bits per heavy atom. The summed E-state index contributed by atoms with van der Waals surface area (Å²) in [5, 5.41) is 8.19. The summed E-state index contributed by atoms with van der Waals surface area (Å²) in [6.45, 7) is 9.19. The predicted octanol–water partition coefficient (Wildman–Crippen LogP) is 15.4. The fraction of sp³-hybridized carbons (Fsp3) is 0.189. The third kappa shape index (κ3) is 6.53. The molecule has 1 aromatic heterocycles. The Morgan fingerprint density at radius 2 is 1.25 bits per heavy atom. The molecule has 1 heterocycles. The average molecular weight is 730 g/mol. The maximum absolute atomic E-state index is 5.85. The van der Waals surface area contributed by atoms with Crippen LogP contribution in [-0.4, -0.2) is 5.71 Å². The van der Waals surface area contributed by atoms with E-state index in [0.717, 1.165) is 24.1 Å². The SMILES string of the molecule is CCCCc1cc(-c2cc3sc4cccc5c6ccccc6c(c2)c3c45)cc(C(/N=C(/c2ccc(-c3ccccc3)cc2)c2ccccc2C)C(C)CC)c1. The van der Waals surface area contributed by atoms with Gasteiger partial charge in [0, 0.05) is 31.3 Å². The van der Waals surface area contributed by atoms with Crippen LogP contribution in [-0.2, 0) is 6.42 Å². The lowest BCUT2D eigenvalue weighted by Gasteiger charge is -2.24. The zero-order valence-electron chi connectivity index (χ0n) is 32.3. The largest absolute Gasteiger partial charge is 0.276 e. The number of rotatable bonds is 11. The normalized spacial score (nSPS) is 13.3. The molecule has 9 aromatic rings. The van der Waals surface area contributed by atoms with E-state index in [4.69, 9.17) is 4.99 Å². The topological polar surface area (TPSA) is 12.4 Å². The molecular weight excluding hydrogens is 683 g/mol. The summed E-state index contributed by atoms with van der Waals surface area (Å²) in [7, 11) is 0. The van der Waals surface area contributed by atoms with E-state index in [2.05, 4.69) is 179 Å². The molecule has 2 heteroatoms. The third-order valence-electron chi connectivity index (χ3n) is 11.7. The molecule has 2 atom stereocenters. The van der Waals surface area contributed by atoms with Gasteiger partial charge in [-0.15, -0.1) is 11.3 Å². The number of benzene rings is 8. The molecule has 0 aliphatic heterocycles. The van der Waals surface area contributed by atoms with Crippen molar-refractivity contribution in [3.63, 3.8) is 0 Å². The number of hydrogen-bond acceptors (Lipinski definition) is 2. The molecule has 0 saturated carbocycles. The van der Waals surface area contributed by atoms with Crippen molar-refractivity contribution in [2.24, 2.45) is 10.9 Å². The second-order valence-electron chi connectivity index (χ2n) is 15.4. The Hall–Kier alpha value is -5.57. The first-order valence-corrected chi connectivity index (χ1v) is 20.8. The van der Waals surface area contributed by atoms with E-state index in [1.165, 1.54) is 99.1 Å². The van der Waals surface area contributed by atoms with Crippen LogP contribution in [0, 0.1) is 12.8 Å². The van der Waals surface area contributed by atoms with Crippen LogP contribution < -0.4 is 0 Å². The van der Waals surface area contributed by atoms with Gasteiger partial charge in [-0.25, -0.2) is 0 Å². The first-order valence-electron chi connectivity index (χ1n) is 20.0. The molecule has 0 saturated heterocycles. The molecule has 9 rings (SSSR count). The highest BCUT2D eigenvalue weighted by molar-refractivity contribution is 7.26. The van der Waals surface area contributed by atoms with Gasteiger partial charge in [-0.1, -0.05) is 161 Å². The molecule has 0 aliphatic rings. The summed E-state index contributed by atoms with van der Waals surface area (Å²) in [5.41, 5.74) is 12.4. The Kier molecular flexibility index (Phi) is 9.54. The number of aryl methyl sites for hydroxylation is 2. The fourth-order valence-corrected chi connectivity index (χ4v) is 9.76. The highest BCUT2D eigenvalue weighted by atomic mass is 32.1. The zero-order valence-corrected chi connectivity index (χ0v) is 33.1. The van der Waals surface area contributed by atoms with E-state index in [-0.39, 0.29) is 6.04 Å². The van der Waals surface area contributed by atoms with Gasteiger partial charge in [0.15, 0.2) is 0 Å². The number of fused-ring (bicyclic) bond motifs is 3. The molecular formula is C53H47NS. The lowest BCUT2D eigenvalue weighted by molar-refractivity contribution is 0.459. The highest BCUT2D eigenvalue weighted by Gasteiger charge is 2.23. The van der Waals surface area contributed by atoms with Gasteiger partial charge in [0.2, 0.25) is 0 Å². The van der Waals surface area contributed by atoms with Gasteiger partial charge in [-0.05, 0) is 110 Å². The van der Waals surface area contributed by atoms with Crippen LogP contribution in [0.4, 0.5) is 0 Å². The monoisotopic (exact) mass is 729 g/mol. The quantitative estimate of drug-likeness (QED) is 0.0928. The number of thiophene rings is 1. The second-order valence-corrected chi connectivity index (χ2v) is 16.4. The van der Waals surface area contributed by atoms with Crippen LogP contribution in [0.3, 0.4) is 0 Å². The van der Waals surface area contributed by atoms with Crippen molar-refractivity contribution >= 4 is 58.8 Å². The van der Waals surface area contributed by atoms with Crippen molar-refractivity contribution in [2.75, 3.05) is 0 Å². The maximum atomic E-state index is 5.85. The van der Waals surface area contributed by atoms with Crippen molar-refractivity contribution in [3.8, 4) is 22.3 Å². The van der Waals surface area contributed by atoms with Gasteiger partial charge in [0.25, 0.3) is 0 Å². The number of aliphatic imine (C=N–C) groups is 1. The Balaban J connectivity index is 1.23. The first-order chi connectivity index (χ1) is 27.0. The number of nitrogens with zero attached hydrogens (tertiary/aromatic N) is 1. The standard InChI is InChI=1S/C53H47NS/c1-5-7-17-36-29-40(41-32-47-45-22-14-13-21-44(45)46-23-15-24-48-50(46)51(47)49(33-41)55-48)31-42(30-36)52(34(3)6-2)54-53(43-20-12-11-16-35(43)4)39-27-25-38(26-28-39)37-18-9-8-10-19-37/h8-16,18-34,52H,5-7,17H2,1-4H3/b54-53-. The summed E-state index contributed by atoms with van der Waals surface area (Å²) < 4.78 is 2.73. The van der Waals surface area contributed by atoms with Gasteiger partial charge in [-0.2, -0.15) is 0 Å². The molecule has 0 N–H and O–H groups in total. The van der Waals surface area contributed by atoms with Crippen LogP contribution in [0.1, 0.15) is 73.9 Å². The molecule has 0 bridgehead atoms. The van der Waals surface area contributed by atoms with E-state index in [9.17, 15) is 0 Å². The number of unbranched alkanes of at least 4 members (excludes halogenated alkanes) is 1. The maximum Gasteiger partial charge on any atom is 0.0782 e. The van der Waals surface area contributed by atoms with E-state index >= 15 is 0 Å². The van der Waals surface area contributed by atoms with Gasteiger partial charge in [0.1, 0.15) is 0 Å². The van der Waals surface area contributed by atoms with Crippen molar-refractivity contribution in [3.05, 3.63) is 179 Å². The van der Waals surface area contributed by atoms with Gasteiger partial charge < -0.3 is 0 Å². The highest BCUT2D eigenvalue weighted by Crippen LogP contribution is 2.47.